The predicted molar refractivity (Wildman–Crippen MR) is 278 cm³/mol. The first kappa shape index (κ1) is 50.6. The highest BCUT2D eigenvalue weighted by Gasteiger charge is 2.35. The van der Waals surface area contributed by atoms with Gasteiger partial charge in [-0.2, -0.15) is 0 Å². The summed E-state index contributed by atoms with van der Waals surface area (Å²) in [7, 11) is 3.60. The van der Waals surface area contributed by atoms with Crippen LogP contribution in [-0.4, -0.2) is 127 Å². The molecule has 10 rings (SSSR count). The summed E-state index contributed by atoms with van der Waals surface area (Å²) in [5.74, 6) is 1.43. The summed E-state index contributed by atoms with van der Waals surface area (Å²) < 4.78 is 29.5. The first-order valence-corrected chi connectivity index (χ1v) is 25.1. The van der Waals surface area contributed by atoms with Gasteiger partial charge in [0.1, 0.15) is 24.7 Å². The van der Waals surface area contributed by atoms with Crippen molar-refractivity contribution in [2.24, 2.45) is 0 Å². The van der Waals surface area contributed by atoms with Gasteiger partial charge in [-0.05, 0) is 81.6 Å². The summed E-state index contributed by atoms with van der Waals surface area (Å²) in [6.07, 6.45) is 10.6. The van der Waals surface area contributed by atoms with E-state index in [9.17, 15) is 14.7 Å². The fourth-order valence-corrected chi connectivity index (χ4v) is 9.96. The van der Waals surface area contributed by atoms with Crippen LogP contribution in [0.25, 0.3) is 22.5 Å². The van der Waals surface area contributed by atoms with E-state index in [1.54, 1.807) is 38.0 Å². The highest BCUT2D eigenvalue weighted by molar-refractivity contribution is 6.32. The smallest absolute Gasteiger partial charge is 0.255 e. The average Bonchev–Trinajstić information content (AvgIpc) is 3.97. The molecule has 0 bridgehead atoms. The van der Waals surface area contributed by atoms with Crippen LogP contribution >= 0.6 is 23.2 Å². The van der Waals surface area contributed by atoms with Crippen LogP contribution in [-0.2, 0) is 9.47 Å². The standard InChI is InChI=1S/C27H32ClN5O5.C26H29ClN4O3/c1-33-9-11-37-14-17(33)15-38-21-13-29-8-6-18(21)24-25(31-20-5-3-4-19(28)26(20)36-2)22-23(32-24)16(7-10-34)12-30-27(22)35;1-15-12-29-26(32)22-23(15)31-24(25(22)30-20-8-5-7-19(27)16(20)2)18-9-10-28-13-21(18)34-14-17-6-3-4-11-33-17/h3-6,8,13,16-17,31-32,34H,7,9-12,14-15H2,1-2H3,(H,30,35);5,7-10,13,15,17,30-31H,3-4,6,11-12,14H2,1-2H3,(H,29,32)/t16-,17+;/m1./s1. The van der Waals surface area contributed by atoms with Crippen molar-refractivity contribution in [1.29, 1.82) is 0 Å². The van der Waals surface area contributed by atoms with Gasteiger partial charge in [0.2, 0.25) is 0 Å². The third-order valence-electron chi connectivity index (χ3n) is 13.7. The molecule has 7 N–H and O–H groups in total. The van der Waals surface area contributed by atoms with Gasteiger partial charge in [-0.15, -0.1) is 0 Å². The lowest BCUT2D eigenvalue weighted by Crippen LogP contribution is -2.46. The van der Waals surface area contributed by atoms with Crippen LogP contribution in [0.5, 0.6) is 17.2 Å². The van der Waals surface area contributed by atoms with Gasteiger partial charge in [-0.1, -0.05) is 42.3 Å². The normalized spacial score (nSPS) is 19.7. The Morgan fingerprint density at radius 2 is 1.46 bits per heavy atom. The number of para-hydroxylation sites is 1. The van der Waals surface area contributed by atoms with E-state index in [2.05, 4.69) is 60.1 Å². The quantitative estimate of drug-likeness (QED) is 0.0513. The van der Waals surface area contributed by atoms with Gasteiger partial charge in [0.15, 0.2) is 5.75 Å². The van der Waals surface area contributed by atoms with Crippen LogP contribution in [0, 0.1) is 6.92 Å². The number of fused-ring (bicyclic) bond motifs is 2. The third kappa shape index (κ3) is 10.9. The molecule has 17 nitrogen and oxygen atoms in total. The Morgan fingerprint density at radius 3 is 2.12 bits per heavy atom. The fourth-order valence-electron chi connectivity index (χ4n) is 9.54. The zero-order chi connectivity index (χ0) is 50.3. The number of morpholine rings is 1. The number of hydrogen-bond acceptors (Lipinski definition) is 13. The van der Waals surface area contributed by atoms with Gasteiger partial charge < -0.3 is 60.0 Å². The Morgan fingerprint density at radius 1 is 0.819 bits per heavy atom. The maximum atomic E-state index is 13.2. The molecule has 6 aromatic rings. The van der Waals surface area contributed by atoms with Crippen molar-refractivity contribution in [3.05, 3.63) is 111 Å². The molecule has 2 fully saturated rings. The lowest BCUT2D eigenvalue weighted by molar-refractivity contribution is -0.0110. The molecule has 2 saturated heterocycles. The van der Waals surface area contributed by atoms with E-state index in [1.807, 2.05) is 49.4 Å². The molecule has 0 saturated carbocycles. The maximum Gasteiger partial charge on any atom is 0.255 e. The number of pyridine rings is 2. The van der Waals surface area contributed by atoms with E-state index in [0.29, 0.717) is 107 Å². The van der Waals surface area contributed by atoms with Crippen LogP contribution in [0.15, 0.2) is 73.3 Å². The van der Waals surface area contributed by atoms with Crippen LogP contribution in [0.4, 0.5) is 22.7 Å². The number of aliphatic hydroxyl groups is 1. The number of likely N-dealkylation sites (N-methyl/N-ethyl adjacent to an activating group) is 1. The number of benzene rings is 2. The number of carbonyl (C=O) groups excluding carboxylic acids is 2. The molecule has 4 atom stereocenters. The number of methoxy groups -OCH3 is 1. The molecule has 2 amide bonds. The predicted octanol–water partition coefficient (Wildman–Crippen LogP) is 8.98. The van der Waals surface area contributed by atoms with Crippen molar-refractivity contribution in [3.63, 3.8) is 0 Å². The number of aliphatic hydroxyl groups excluding tert-OH is 1. The summed E-state index contributed by atoms with van der Waals surface area (Å²) in [4.78, 5) is 44.0. The van der Waals surface area contributed by atoms with Crippen molar-refractivity contribution < 1.29 is 38.4 Å². The number of nitrogens with one attached hydrogen (secondary N) is 6. The monoisotopic (exact) mass is 1020 g/mol. The summed E-state index contributed by atoms with van der Waals surface area (Å²) in [6.45, 7) is 8.87. The second kappa shape index (κ2) is 23.0. The summed E-state index contributed by atoms with van der Waals surface area (Å²) in [6, 6.07) is 15.0. The maximum absolute atomic E-state index is 13.2. The van der Waals surface area contributed by atoms with Crippen LogP contribution in [0.1, 0.15) is 82.1 Å². The number of nitrogens with zero attached hydrogens (tertiary/aromatic N) is 3. The molecular formula is C53H61Cl2N9O8. The number of aromatic nitrogens is 4. The van der Waals surface area contributed by atoms with E-state index < -0.39 is 0 Å². The van der Waals surface area contributed by atoms with Crippen molar-refractivity contribution in [1.82, 2.24) is 35.5 Å². The highest BCUT2D eigenvalue weighted by Crippen LogP contribution is 2.46. The van der Waals surface area contributed by atoms with Crippen LogP contribution in [0.2, 0.25) is 10.0 Å². The largest absolute Gasteiger partial charge is 0.493 e. The van der Waals surface area contributed by atoms with Gasteiger partial charge >= 0.3 is 0 Å². The Labute approximate surface area is 428 Å². The van der Waals surface area contributed by atoms with E-state index in [4.69, 9.17) is 46.9 Å². The summed E-state index contributed by atoms with van der Waals surface area (Å²) >= 11 is 12.8. The van der Waals surface area contributed by atoms with Crippen molar-refractivity contribution in [2.75, 3.05) is 84.1 Å². The van der Waals surface area contributed by atoms with Gasteiger partial charge in [-0.3, -0.25) is 24.5 Å². The Hall–Kier alpha value is -6.34. The first-order valence-electron chi connectivity index (χ1n) is 24.4. The zero-order valence-electron chi connectivity index (χ0n) is 40.8. The van der Waals surface area contributed by atoms with Crippen molar-refractivity contribution in [2.45, 2.75) is 63.5 Å². The molecule has 8 heterocycles. The molecule has 4 aromatic heterocycles. The number of carbonyl (C=O) groups is 2. The number of amides is 2. The minimum atomic E-state index is -0.210. The van der Waals surface area contributed by atoms with Crippen LogP contribution < -0.4 is 35.5 Å². The topological polar surface area (TPSA) is 209 Å². The second-order valence-corrected chi connectivity index (χ2v) is 19.2. The number of ether oxygens (including phenoxy) is 5. The van der Waals surface area contributed by atoms with Crippen molar-refractivity contribution in [3.8, 4) is 39.8 Å². The number of anilines is 4. The third-order valence-corrected chi connectivity index (χ3v) is 14.4. The average molecular weight is 1020 g/mol. The SMILES string of the molecule is COc1c(Cl)cccc1Nc1c(-c2ccncc2OC[C@@H]2COCCN2C)[nH]c2c1C(=O)NC[C@H]2CCO.Cc1c(Cl)cccc1Nc1c(-c2ccncc2OCC2CCCCO2)[nH]c2c1C(=O)NCC2C. The lowest BCUT2D eigenvalue weighted by atomic mass is 9.94. The summed E-state index contributed by atoms with van der Waals surface area (Å²) in [5.41, 5.74) is 9.42. The molecule has 2 aromatic carbocycles. The van der Waals surface area contributed by atoms with Gasteiger partial charge in [0.25, 0.3) is 11.8 Å². The fraction of sp³-hybridized carbons (Fsp3) is 0.396. The molecule has 2 unspecified atom stereocenters. The minimum Gasteiger partial charge on any atom is -0.493 e. The lowest BCUT2D eigenvalue weighted by Gasteiger charge is -2.32. The van der Waals surface area contributed by atoms with Crippen LogP contribution in [0.3, 0.4) is 0 Å². The Kier molecular flexibility index (Phi) is 16.2. The number of rotatable bonds is 15. The molecule has 4 aliphatic rings. The molecular weight excluding hydrogens is 962 g/mol. The minimum absolute atomic E-state index is 0.000195. The molecule has 380 valence electrons. The number of hydrogen-bond donors (Lipinski definition) is 7. The second-order valence-electron chi connectivity index (χ2n) is 18.4. The summed E-state index contributed by atoms with van der Waals surface area (Å²) in [5, 5.41) is 23.6. The number of halogens is 2. The first-order chi connectivity index (χ1) is 35.0. The number of aromatic amines is 2. The Balaban J connectivity index is 0.000000179. The molecule has 4 aliphatic heterocycles. The van der Waals surface area contributed by atoms with Gasteiger partial charge in [0, 0.05) is 90.3 Å². The Bertz CT molecular complexity index is 2890. The molecule has 0 radical (unpaired) electrons. The van der Waals surface area contributed by atoms with Gasteiger partial charge in [-0.25, -0.2) is 0 Å². The van der Waals surface area contributed by atoms with E-state index in [0.717, 1.165) is 71.9 Å². The van der Waals surface area contributed by atoms with E-state index in [1.165, 1.54) is 0 Å². The number of H-pyrrole nitrogens is 2. The molecule has 0 spiro atoms. The molecule has 19 heteroatoms. The van der Waals surface area contributed by atoms with E-state index >= 15 is 0 Å². The van der Waals surface area contributed by atoms with Crippen molar-refractivity contribution >= 4 is 57.8 Å². The van der Waals surface area contributed by atoms with E-state index in [-0.39, 0.29) is 42.4 Å². The highest BCUT2D eigenvalue weighted by atomic mass is 35.5. The molecule has 72 heavy (non-hydrogen) atoms. The zero-order valence-corrected chi connectivity index (χ0v) is 42.3. The van der Waals surface area contributed by atoms with Gasteiger partial charge in [0.05, 0.1) is 89.5 Å². The molecule has 0 aliphatic carbocycles.